The zero-order valence-corrected chi connectivity index (χ0v) is 11.9. The molecular weight excluding hydrogens is 238 g/mol. The van der Waals surface area contributed by atoms with E-state index in [9.17, 15) is 0 Å². The fourth-order valence-electron chi connectivity index (χ4n) is 1.52. The second-order valence-electron chi connectivity index (χ2n) is 4.86. The van der Waals surface area contributed by atoms with E-state index in [1.807, 2.05) is 43.3 Å². The molecule has 3 heteroatoms. The summed E-state index contributed by atoms with van der Waals surface area (Å²) in [5.41, 5.74) is 5.27. The Morgan fingerprint density at radius 1 is 1.32 bits per heavy atom. The van der Waals surface area contributed by atoms with Crippen molar-refractivity contribution in [2.75, 3.05) is 6.61 Å². The van der Waals surface area contributed by atoms with Crippen molar-refractivity contribution in [3.05, 3.63) is 53.3 Å². The largest absolute Gasteiger partial charge is 0.374 e. The molecule has 0 saturated carbocycles. The molecule has 1 rings (SSSR count). The predicted molar refractivity (Wildman–Crippen MR) is 77.3 cm³/mol. The van der Waals surface area contributed by atoms with Crippen LogP contribution in [0.4, 0.5) is 0 Å². The second-order valence-corrected chi connectivity index (χ2v) is 4.86. The highest BCUT2D eigenvalue weighted by Crippen LogP contribution is 2.07. The van der Waals surface area contributed by atoms with E-state index in [-0.39, 0.29) is 6.10 Å². The van der Waals surface area contributed by atoms with E-state index >= 15 is 0 Å². The Morgan fingerprint density at radius 3 is 2.58 bits per heavy atom. The van der Waals surface area contributed by atoms with Crippen molar-refractivity contribution >= 4 is 0 Å². The molecule has 0 saturated heterocycles. The Hall–Kier alpha value is -1.38. The van der Waals surface area contributed by atoms with E-state index in [0.717, 1.165) is 11.1 Å². The molecule has 19 heavy (non-hydrogen) atoms. The van der Waals surface area contributed by atoms with Gasteiger partial charge < -0.3 is 4.74 Å². The topological polar surface area (TPSA) is 44.5 Å². The van der Waals surface area contributed by atoms with Gasteiger partial charge in [0, 0.05) is 5.57 Å². The van der Waals surface area contributed by atoms with E-state index in [2.05, 4.69) is 19.6 Å². The molecule has 0 aromatic heterocycles. The zero-order chi connectivity index (χ0) is 14.1. The van der Waals surface area contributed by atoms with Crippen LogP contribution in [0.2, 0.25) is 0 Å². The maximum Gasteiger partial charge on any atom is 0.130 e. The van der Waals surface area contributed by atoms with Gasteiger partial charge in [0.2, 0.25) is 0 Å². The molecule has 104 valence electrons. The lowest BCUT2D eigenvalue weighted by atomic mass is 10.1. The zero-order valence-electron chi connectivity index (χ0n) is 11.9. The quantitative estimate of drug-likeness (QED) is 0.605. The fraction of sp³-hybridized carbons (Fsp3) is 0.438. The first-order chi connectivity index (χ1) is 9.13. The maximum atomic E-state index is 5.62. The van der Waals surface area contributed by atoms with Gasteiger partial charge in [-0.3, -0.25) is 4.84 Å². The fourth-order valence-corrected chi connectivity index (χ4v) is 1.52. The van der Waals surface area contributed by atoms with Crippen molar-refractivity contribution in [3.63, 3.8) is 0 Å². The molecule has 0 aliphatic rings. The van der Waals surface area contributed by atoms with Gasteiger partial charge in [-0.05, 0) is 24.5 Å². The van der Waals surface area contributed by atoms with Crippen LogP contribution in [0.15, 0.2) is 47.7 Å². The van der Waals surface area contributed by atoms with Crippen LogP contribution in [0.3, 0.4) is 0 Å². The second kappa shape index (κ2) is 8.68. The lowest BCUT2D eigenvalue weighted by Crippen LogP contribution is -2.24. The van der Waals surface area contributed by atoms with Crippen LogP contribution in [-0.2, 0) is 16.2 Å². The number of benzene rings is 1. The smallest absolute Gasteiger partial charge is 0.130 e. The molecule has 1 atom stereocenters. The van der Waals surface area contributed by atoms with Crippen LogP contribution in [0.1, 0.15) is 26.3 Å². The van der Waals surface area contributed by atoms with Gasteiger partial charge in [0.1, 0.15) is 6.10 Å². The molecule has 0 heterocycles. The van der Waals surface area contributed by atoms with E-state index in [1.165, 1.54) is 0 Å². The third kappa shape index (κ3) is 6.37. The molecular formula is C16H23NO2. The molecule has 1 aromatic carbocycles. The number of hydrogen-bond acceptors (Lipinski definition) is 3. The lowest BCUT2D eigenvalue weighted by molar-refractivity contribution is -0.00398. The van der Waals surface area contributed by atoms with Crippen molar-refractivity contribution in [3.8, 4) is 0 Å². The average Bonchev–Trinajstić information content (AvgIpc) is 2.42. The average molecular weight is 261 g/mol. The SMILES string of the molecule is CC(=C=CC(C)C)C(COCc1ccccc1)ON. The summed E-state index contributed by atoms with van der Waals surface area (Å²) in [5, 5.41) is 0. The molecule has 0 aliphatic heterocycles. The Balaban J connectivity index is 2.47. The molecule has 0 fully saturated rings. The summed E-state index contributed by atoms with van der Waals surface area (Å²) in [6.45, 7) is 7.13. The Kier molecular flexibility index (Phi) is 7.16. The van der Waals surface area contributed by atoms with Gasteiger partial charge in [0.15, 0.2) is 0 Å². The summed E-state index contributed by atoms with van der Waals surface area (Å²) in [7, 11) is 0. The van der Waals surface area contributed by atoms with Crippen molar-refractivity contribution in [1.29, 1.82) is 0 Å². The van der Waals surface area contributed by atoms with Crippen LogP contribution in [0, 0.1) is 5.92 Å². The number of rotatable bonds is 7. The summed E-state index contributed by atoms with van der Waals surface area (Å²) < 4.78 is 5.62. The first kappa shape index (κ1) is 15.7. The predicted octanol–water partition coefficient (Wildman–Crippen LogP) is 3.22. The molecule has 0 bridgehead atoms. The first-order valence-electron chi connectivity index (χ1n) is 6.54. The summed E-state index contributed by atoms with van der Waals surface area (Å²) in [5.74, 6) is 5.76. The minimum absolute atomic E-state index is 0.251. The van der Waals surface area contributed by atoms with E-state index in [1.54, 1.807) is 0 Å². The van der Waals surface area contributed by atoms with Crippen LogP contribution in [0.25, 0.3) is 0 Å². The minimum Gasteiger partial charge on any atom is -0.374 e. The van der Waals surface area contributed by atoms with Gasteiger partial charge in [-0.25, -0.2) is 5.90 Å². The normalized spacial score (nSPS) is 12.1. The van der Waals surface area contributed by atoms with Crippen LogP contribution in [-0.4, -0.2) is 12.7 Å². The van der Waals surface area contributed by atoms with E-state index < -0.39 is 0 Å². The number of ether oxygens (including phenoxy) is 1. The lowest BCUT2D eigenvalue weighted by Gasteiger charge is -2.14. The molecule has 0 spiro atoms. The number of hydrogen-bond donors (Lipinski definition) is 1. The monoisotopic (exact) mass is 261 g/mol. The van der Waals surface area contributed by atoms with Gasteiger partial charge in [0.25, 0.3) is 0 Å². The summed E-state index contributed by atoms with van der Waals surface area (Å²) in [4.78, 5) is 4.94. The molecule has 3 nitrogen and oxygen atoms in total. The van der Waals surface area contributed by atoms with Gasteiger partial charge in [-0.2, -0.15) is 0 Å². The molecule has 1 aromatic rings. The highest BCUT2D eigenvalue weighted by atomic mass is 16.6. The van der Waals surface area contributed by atoms with Crippen LogP contribution in [0.5, 0.6) is 0 Å². The third-order valence-electron chi connectivity index (χ3n) is 2.67. The Labute approximate surface area is 115 Å². The van der Waals surface area contributed by atoms with Gasteiger partial charge >= 0.3 is 0 Å². The van der Waals surface area contributed by atoms with Crippen molar-refractivity contribution in [2.45, 2.75) is 33.5 Å². The number of nitrogens with two attached hydrogens (primary N) is 1. The minimum atomic E-state index is -0.251. The summed E-state index contributed by atoms with van der Waals surface area (Å²) >= 11 is 0. The van der Waals surface area contributed by atoms with Crippen molar-refractivity contribution in [2.24, 2.45) is 11.8 Å². The van der Waals surface area contributed by atoms with Crippen molar-refractivity contribution < 1.29 is 9.57 Å². The highest BCUT2D eigenvalue weighted by molar-refractivity contribution is 5.13. The van der Waals surface area contributed by atoms with Crippen LogP contribution < -0.4 is 5.90 Å². The molecule has 1 unspecified atom stereocenters. The Bertz CT molecular complexity index is 420. The molecule has 0 radical (unpaired) electrons. The highest BCUT2D eigenvalue weighted by Gasteiger charge is 2.10. The van der Waals surface area contributed by atoms with Gasteiger partial charge in [0.05, 0.1) is 13.2 Å². The van der Waals surface area contributed by atoms with Crippen LogP contribution >= 0.6 is 0 Å². The summed E-state index contributed by atoms with van der Waals surface area (Å²) in [6.07, 6.45) is 1.75. The summed E-state index contributed by atoms with van der Waals surface area (Å²) in [6, 6.07) is 10.0. The van der Waals surface area contributed by atoms with Gasteiger partial charge in [-0.15, -0.1) is 5.73 Å². The standard InChI is InChI=1S/C16H23NO2/c1-13(2)9-10-14(3)16(19-17)12-18-11-15-7-5-4-6-8-15/h4-9,13,16H,11-12,17H2,1-3H3. The van der Waals surface area contributed by atoms with Crippen molar-refractivity contribution in [1.82, 2.24) is 0 Å². The Morgan fingerprint density at radius 2 is 2.00 bits per heavy atom. The first-order valence-corrected chi connectivity index (χ1v) is 6.54. The molecule has 0 aliphatic carbocycles. The third-order valence-corrected chi connectivity index (χ3v) is 2.67. The van der Waals surface area contributed by atoms with Gasteiger partial charge in [-0.1, -0.05) is 44.2 Å². The van der Waals surface area contributed by atoms with E-state index in [4.69, 9.17) is 15.5 Å². The van der Waals surface area contributed by atoms with E-state index in [0.29, 0.717) is 19.1 Å². The molecule has 2 N–H and O–H groups in total. The maximum absolute atomic E-state index is 5.62. The molecule has 0 amide bonds.